The topological polar surface area (TPSA) is 54.4 Å². The molecule has 2 N–H and O–H groups in total. The van der Waals surface area contributed by atoms with E-state index in [0.29, 0.717) is 39.5 Å². The van der Waals surface area contributed by atoms with Crippen LogP contribution in [0.25, 0.3) is 0 Å². The van der Waals surface area contributed by atoms with Crippen LogP contribution in [0.4, 0.5) is 13.2 Å². The highest BCUT2D eigenvalue weighted by Crippen LogP contribution is 2.49. The molecule has 30 heavy (non-hydrogen) atoms. The Hall–Kier alpha value is -2.61. The van der Waals surface area contributed by atoms with E-state index in [0.717, 1.165) is 12.1 Å². The Bertz CT molecular complexity index is 1070. The molecular weight excluding hydrogens is 417 g/mol. The van der Waals surface area contributed by atoms with Gasteiger partial charge in [-0.25, -0.2) is 0 Å². The fourth-order valence-corrected chi connectivity index (χ4v) is 3.94. The van der Waals surface area contributed by atoms with Crippen LogP contribution in [0.1, 0.15) is 33.5 Å². The lowest BCUT2D eigenvalue weighted by Crippen LogP contribution is -2.29. The second kappa shape index (κ2) is 7.58. The number of halogens is 4. The minimum Gasteiger partial charge on any atom is -0.506 e. The highest BCUT2D eigenvalue weighted by molar-refractivity contribution is 6.30. The molecule has 1 aromatic heterocycles. The van der Waals surface area contributed by atoms with Gasteiger partial charge in [0.05, 0.1) is 17.9 Å². The van der Waals surface area contributed by atoms with Gasteiger partial charge in [0.2, 0.25) is 0 Å². The first-order chi connectivity index (χ1) is 14.3. The molecule has 0 bridgehead atoms. The lowest BCUT2D eigenvalue weighted by atomic mass is 9.80. The van der Waals surface area contributed by atoms with Crippen molar-refractivity contribution in [3.63, 3.8) is 0 Å². The number of rotatable bonds is 4. The molecule has 1 atom stereocenters. The first-order valence-electron chi connectivity index (χ1n) is 9.20. The lowest BCUT2D eigenvalue weighted by molar-refractivity contribution is -0.137. The summed E-state index contributed by atoms with van der Waals surface area (Å²) in [7, 11) is 1.74. The van der Waals surface area contributed by atoms with E-state index in [4.69, 9.17) is 16.3 Å². The summed E-state index contributed by atoms with van der Waals surface area (Å²) in [6, 6.07) is 11.7. The predicted octanol–water partition coefficient (Wildman–Crippen LogP) is 5.00. The minimum atomic E-state index is -4.44. The van der Waals surface area contributed by atoms with E-state index >= 15 is 0 Å². The third-order valence-corrected chi connectivity index (χ3v) is 5.51. The molecule has 8 heteroatoms. The summed E-state index contributed by atoms with van der Waals surface area (Å²) >= 11 is 6.04. The van der Waals surface area contributed by atoms with E-state index in [1.54, 1.807) is 37.5 Å². The van der Waals surface area contributed by atoms with Gasteiger partial charge in [0.1, 0.15) is 11.4 Å². The average molecular weight is 435 g/mol. The van der Waals surface area contributed by atoms with Crippen molar-refractivity contribution in [2.45, 2.75) is 24.9 Å². The Morgan fingerprint density at radius 1 is 1.10 bits per heavy atom. The number of nitrogens with one attached hydrogen (secondary N) is 1. The van der Waals surface area contributed by atoms with Gasteiger partial charge in [0.25, 0.3) is 0 Å². The van der Waals surface area contributed by atoms with E-state index in [2.05, 4.69) is 10.3 Å². The third-order valence-electron chi connectivity index (χ3n) is 5.26. The van der Waals surface area contributed by atoms with Gasteiger partial charge in [-0.3, -0.25) is 4.98 Å². The molecule has 0 saturated carbocycles. The normalized spacial score (nSPS) is 18.4. The highest BCUT2D eigenvalue weighted by atomic mass is 35.5. The van der Waals surface area contributed by atoms with Crippen molar-refractivity contribution >= 4 is 11.6 Å². The second-order valence-electron chi connectivity index (χ2n) is 7.03. The maximum Gasteiger partial charge on any atom is 0.416 e. The number of hydrogen-bond acceptors (Lipinski definition) is 4. The van der Waals surface area contributed by atoms with Crippen LogP contribution in [-0.4, -0.2) is 17.1 Å². The Balaban J connectivity index is 1.92. The molecular formula is C22H18ClF3N2O2. The highest BCUT2D eigenvalue weighted by Gasteiger charge is 2.46. The van der Waals surface area contributed by atoms with Gasteiger partial charge in [0.15, 0.2) is 0 Å². The van der Waals surface area contributed by atoms with Crippen molar-refractivity contribution in [2.75, 3.05) is 7.05 Å². The zero-order valence-electron chi connectivity index (χ0n) is 15.9. The summed E-state index contributed by atoms with van der Waals surface area (Å²) in [6.07, 6.45) is -2.83. The van der Waals surface area contributed by atoms with Crippen LogP contribution in [0.5, 0.6) is 5.75 Å². The van der Waals surface area contributed by atoms with E-state index in [9.17, 15) is 18.3 Å². The summed E-state index contributed by atoms with van der Waals surface area (Å²) < 4.78 is 45.4. The fraction of sp³-hybridized carbons (Fsp3) is 0.227. The molecule has 4 rings (SSSR count). The molecule has 0 fully saturated rings. The number of ether oxygens (including phenoxy) is 1. The van der Waals surface area contributed by atoms with Crippen LogP contribution in [0.3, 0.4) is 0 Å². The van der Waals surface area contributed by atoms with E-state index in [1.807, 2.05) is 0 Å². The van der Waals surface area contributed by atoms with Crippen LogP contribution >= 0.6 is 11.6 Å². The third kappa shape index (κ3) is 3.33. The smallest absolute Gasteiger partial charge is 0.416 e. The van der Waals surface area contributed by atoms with Crippen LogP contribution in [0.2, 0.25) is 5.02 Å². The first kappa shape index (κ1) is 20.7. The van der Waals surface area contributed by atoms with Gasteiger partial charge < -0.3 is 15.2 Å². The second-order valence-corrected chi connectivity index (χ2v) is 7.46. The fourth-order valence-electron chi connectivity index (χ4n) is 3.81. The standard InChI is InChI=1S/C22H18ClF3N2O2/c1-27-11-19-20(29)17-12-30-21(18(17)10-28-19,14-6-8-16(23)9-7-14)13-2-4-15(5-3-13)22(24,25)26/h2-10,27,29H,11-12H2,1H3. The van der Waals surface area contributed by atoms with Gasteiger partial charge in [0, 0.05) is 28.9 Å². The monoisotopic (exact) mass is 434 g/mol. The molecule has 2 aromatic carbocycles. The number of pyridine rings is 1. The molecule has 0 spiro atoms. The molecule has 3 aromatic rings. The summed E-state index contributed by atoms with van der Waals surface area (Å²) in [5.41, 5.74) is 0.826. The van der Waals surface area contributed by atoms with Crippen molar-refractivity contribution in [3.05, 3.63) is 93.3 Å². The number of aromatic hydroxyl groups is 1. The van der Waals surface area contributed by atoms with Crippen LogP contribution in [-0.2, 0) is 29.7 Å². The quantitative estimate of drug-likeness (QED) is 0.606. The average Bonchev–Trinajstić information content (AvgIpc) is 3.11. The van der Waals surface area contributed by atoms with Gasteiger partial charge in [-0.1, -0.05) is 35.9 Å². The Morgan fingerprint density at radius 3 is 2.27 bits per heavy atom. The molecule has 4 nitrogen and oxygen atoms in total. The number of benzene rings is 2. The summed E-state index contributed by atoms with van der Waals surface area (Å²) in [6.45, 7) is 0.456. The zero-order valence-corrected chi connectivity index (χ0v) is 16.7. The van der Waals surface area contributed by atoms with Gasteiger partial charge in [-0.05, 0) is 42.4 Å². The number of fused-ring (bicyclic) bond motifs is 1. The Morgan fingerprint density at radius 2 is 1.70 bits per heavy atom. The Labute approximate surface area is 176 Å². The van der Waals surface area contributed by atoms with Crippen LogP contribution in [0, 0.1) is 0 Å². The molecule has 1 aliphatic rings. The SMILES string of the molecule is CNCc1ncc2c(c1O)COC2(c1ccc(Cl)cc1)c1ccc(C(F)(F)F)cc1. The largest absolute Gasteiger partial charge is 0.506 e. The lowest BCUT2D eigenvalue weighted by Gasteiger charge is -2.31. The number of aromatic nitrogens is 1. The molecule has 0 aliphatic carbocycles. The molecule has 2 heterocycles. The number of alkyl halides is 3. The molecule has 1 aliphatic heterocycles. The number of nitrogens with zero attached hydrogens (tertiary/aromatic N) is 1. The van der Waals surface area contributed by atoms with Crippen molar-refractivity contribution in [2.24, 2.45) is 0 Å². The molecule has 0 saturated heterocycles. The van der Waals surface area contributed by atoms with E-state index in [1.165, 1.54) is 12.1 Å². The Kier molecular flexibility index (Phi) is 5.22. The first-order valence-corrected chi connectivity index (χ1v) is 9.57. The van der Waals surface area contributed by atoms with Gasteiger partial charge in [-0.2, -0.15) is 13.2 Å². The van der Waals surface area contributed by atoms with Gasteiger partial charge in [-0.15, -0.1) is 0 Å². The minimum absolute atomic E-state index is 0.0181. The zero-order chi connectivity index (χ0) is 21.5. The maximum absolute atomic E-state index is 13.1. The van der Waals surface area contributed by atoms with Crippen molar-refractivity contribution in [1.29, 1.82) is 0 Å². The van der Waals surface area contributed by atoms with Gasteiger partial charge >= 0.3 is 6.18 Å². The molecule has 0 amide bonds. The molecule has 0 radical (unpaired) electrons. The van der Waals surface area contributed by atoms with Crippen molar-refractivity contribution in [3.8, 4) is 5.75 Å². The van der Waals surface area contributed by atoms with E-state index < -0.39 is 17.3 Å². The predicted molar refractivity (Wildman–Crippen MR) is 106 cm³/mol. The number of hydrogen-bond donors (Lipinski definition) is 2. The van der Waals surface area contributed by atoms with E-state index in [-0.39, 0.29) is 12.4 Å². The summed E-state index contributed by atoms with van der Waals surface area (Å²) in [5, 5.41) is 14.2. The molecule has 156 valence electrons. The van der Waals surface area contributed by atoms with Crippen LogP contribution in [0.15, 0.2) is 54.7 Å². The van der Waals surface area contributed by atoms with Crippen molar-refractivity contribution in [1.82, 2.24) is 10.3 Å². The summed E-state index contributed by atoms with van der Waals surface area (Å²) in [4.78, 5) is 4.36. The summed E-state index contributed by atoms with van der Waals surface area (Å²) in [5.74, 6) is 0.0181. The maximum atomic E-state index is 13.1. The molecule has 1 unspecified atom stereocenters. The van der Waals surface area contributed by atoms with Crippen molar-refractivity contribution < 1.29 is 23.0 Å². The van der Waals surface area contributed by atoms with Crippen LogP contribution < -0.4 is 5.32 Å².